The van der Waals surface area contributed by atoms with Crippen LogP contribution in [0.2, 0.25) is 0 Å². The average molecular weight is 497 g/mol. The molecule has 4 N–H and O–H groups in total. The molecule has 0 aliphatic carbocycles. The van der Waals surface area contributed by atoms with E-state index in [2.05, 4.69) is 6.92 Å². The van der Waals surface area contributed by atoms with Crippen LogP contribution in [0.15, 0.2) is 0 Å². The lowest BCUT2D eigenvalue weighted by Crippen LogP contribution is -2.34. The number of ether oxygens (including phenoxy) is 1. The molecule has 0 aromatic heterocycles. The molecule has 0 saturated carbocycles. The van der Waals surface area contributed by atoms with Gasteiger partial charge in [-0.3, -0.25) is 9.32 Å². The molecular weight excluding hydrogens is 447 g/mol. The second-order valence-electron chi connectivity index (χ2n) is 8.96. The smallest absolute Gasteiger partial charge is 0.469 e. The van der Waals surface area contributed by atoms with E-state index in [1.54, 1.807) is 0 Å². The number of aliphatic hydroxyl groups excluding tert-OH is 1. The Hall–Kier alpha value is -0.500. The molecule has 0 aromatic rings. The highest BCUT2D eigenvalue weighted by Crippen LogP contribution is 2.39. The summed E-state index contributed by atoms with van der Waals surface area (Å²) >= 11 is 0. The molecule has 0 heterocycles. The van der Waals surface area contributed by atoms with Crippen LogP contribution in [-0.4, -0.2) is 51.4 Å². The summed E-state index contributed by atoms with van der Waals surface area (Å²) in [5, 5.41) is 18.3. The average Bonchev–Trinajstić information content (AvgIpc) is 2.74. The number of hydrogen-bond donors (Lipinski definition) is 4. The first-order chi connectivity index (χ1) is 15.8. The summed E-state index contributed by atoms with van der Waals surface area (Å²) in [5.74, 6) is -0.880. The maximum atomic E-state index is 11.3. The Bertz CT molecular complexity index is 497. The third kappa shape index (κ3) is 23.0. The number of phosphoric ester groups is 1. The topological polar surface area (TPSA) is 134 Å². The van der Waals surface area contributed by atoms with Crippen molar-refractivity contribution in [2.45, 2.75) is 135 Å². The summed E-state index contributed by atoms with van der Waals surface area (Å²) in [4.78, 5) is 29.0. The second-order valence-corrected chi connectivity index (χ2v) is 10.2. The number of carbonyl (C=O) groups is 1. The predicted octanol–water partition coefficient (Wildman–Crippen LogP) is 5.97. The molecular formula is C24H49O8P. The monoisotopic (exact) mass is 496 g/mol. The molecule has 2 atom stereocenters. The number of rotatable bonds is 25. The summed E-state index contributed by atoms with van der Waals surface area (Å²) in [6.07, 6.45) is 16.7. The predicted molar refractivity (Wildman–Crippen MR) is 130 cm³/mol. The van der Waals surface area contributed by atoms with Crippen molar-refractivity contribution in [1.82, 2.24) is 0 Å². The number of aliphatic hydroxyl groups is 1. The molecule has 0 spiro atoms. The van der Waals surface area contributed by atoms with E-state index in [1.165, 1.54) is 64.2 Å². The van der Waals surface area contributed by atoms with Gasteiger partial charge in [0.25, 0.3) is 0 Å². The first kappa shape index (κ1) is 32.5. The fraction of sp³-hybridized carbons (Fsp3) is 0.958. The SMILES string of the molecule is CCCCCCCCCCCCCCCC[C@@H](OP(=O)(O)O)[C@H](CO)OCCCCC(=O)O. The molecule has 0 bridgehead atoms. The lowest BCUT2D eigenvalue weighted by Gasteiger charge is -2.26. The summed E-state index contributed by atoms with van der Waals surface area (Å²) in [5.41, 5.74) is 0. The van der Waals surface area contributed by atoms with Gasteiger partial charge in [-0.05, 0) is 19.3 Å². The number of unbranched alkanes of at least 4 members (excludes halogenated alkanes) is 14. The zero-order valence-electron chi connectivity index (χ0n) is 20.7. The van der Waals surface area contributed by atoms with Gasteiger partial charge in [0.1, 0.15) is 6.10 Å². The zero-order chi connectivity index (χ0) is 24.8. The molecule has 0 aromatic carbocycles. The highest BCUT2D eigenvalue weighted by atomic mass is 31.2. The molecule has 0 radical (unpaired) electrons. The van der Waals surface area contributed by atoms with Crippen molar-refractivity contribution >= 4 is 13.8 Å². The van der Waals surface area contributed by atoms with Gasteiger partial charge in [0.05, 0.1) is 12.7 Å². The largest absolute Gasteiger partial charge is 0.481 e. The number of carboxylic acid groups (broad SMARTS) is 1. The summed E-state index contributed by atoms with van der Waals surface area (Å²) in [6, 6.07) is 0. The van der Waals surface area contributed by atoms with Crippen molar-refractivity contribution in [3.8, 4) is 0 Å². The Morgan fingerprint density at radius 3 is 1.67 bits per heavy atom. The van der Waals surface area contributed by atoms with Crippen LogP contribution in [0.1, 0.15) is 122 Å². The van der Waals surface area contributed by atoms with Gasteiger partial charge < -0.3 is 24.7 Å². The van der Waals surface area contributed by atoms with Gasteiger partial charge in [-0.15, -0.1) is 0 Å². The highest BCUT2D eigenvalue weighted by molar-refractivity contribution is 7.46. The van der Waals surface area contributed by atoms with Crippen molar-refractivity contribution in [2.24, 2.45) is 0 Å². The number of carboxylic acids is 1. The van der Waals surface area contributed by atoms with Gasteiger partial charge >= 0.3 is 13.8 Å². The minimum atomic E-state index is -4.70. The third-order valence-corrected chi connectivity index (χ3v) is 6.37. The first-order valence-corrected chi connectivity index (χ1v) is 14.5. The maximum Gasteiger partial charge on any atom is 0.469 e. The van der Waals surface area contributed by atoms with Crippen LogP contribution in [0.5, 0.6) is 0 Å². The van der Waals surface area contributed by atoms with E-state index in [-0.39, 0.29) is 13.0 Å². The Labute approximate surface area is 200 Å². The summed E-state index contributed by atoms with van der Waals surface area (Å²) in [6.45, 7) is 2.03. The van der Waals surface area contributed by atoms with E-state index in [9.17, 15) is 24.3 Å². The van der Waals surface area contributed by atoms with Crippen molar-refractivity contribution in [3.63, 3.8) is 0 Å². The quantitative estimate of drug-likeness (QED) is 0.0897. The van der Waals surface area contributed by atoms with Gasteiger partial charge in [0.15, 0.2) is 0 Å². The van der Waals surface area contributed by atoms with Crippen LogP contribution >= 0.6 is 7.82 Å². The molecule has 0 saturated heterocycles. The fourth-order valence-electron chi connectivity index (χ4n) is 3.91. The maximum absolute atomic E-state index is 11.3. The van der Waals surface area contributed by atoms with Crippen LogP contribution in [0, 0.1) is 0 Å². The second kappa shape index (κ2) is 22.0. The first-order valence-electron chi connectivity index (χ1n) is 13.0. The van der Waals surface area contributed by atoms with Gasteiger partial charge in [-0.25, -0.2) is 4.57 Å². The van der Waals surface area contributed by atoms with E-state index in [0.717, 1.165) is 25.7 Å². The molecule has 9 heteroatoms. The molecule has 0 aliphatic heterocycles. The van der Waals surface area contributed by atoms with Gasteiger partial charge in [-0.1, -0.05) is 96.8 Å². The lowest BCUT2D eigenvalue weighted by atomic mass is 10.0. The standard InChI is InChI=1S/C24H49O8P/c1-2-3-4-5-6-7-8-9-10-11-12-13-14-15-18-22(32-33(28,29)30)23(21-25)31-20-17-16-19-24(26)27/h22-23,25H,2-21H2,1H3,(H,26,27)(H2,28,29,30)/t22-,23+/m1/s1. The van der Waals surface area contributed by atoms with E-state index in [1.807, 2.05) is 0 Å². The summed E-state index contributed by atoms with van der Waals surface area (Å²) in [7, 11) is -4.70. The van der Waals surface area contributed by atoms with Crippen molar-refractivity contribution < 1.29 is 38.6 Å². The van der Waals surface area contributed by atoms with Crippen LogP contribution in [-0.2, 0) is 18.6 Å². The highest BCUT2D eigenvalue weighted by Gasteiger charge is 2.29. The van der Waals surface area contributed by atoms with Crippen molar-refractivity contribution in [3.05, 3.63) is 0 Å². The van der Waals surface area contributed by atoms with Gasteiger partial charge in [0.2, 0.25) is 0 Å². The fourth-order valence-corrected chi connectivity index (χ4v) is 4.51. The van der Waals surface area contributed by atoms with Crippen molar-refractivity contribution in [2.75, 3.05) is 13.2 Å². The minimum absolute atomic E-state index is 0.0363. The number of hydrogen-bond acceptors (Lipinski definition) is 5. The number of aliphatic carboxylic acids is 1. The molecule has 0 aliphatic rings. The zero-order valence-corrected chi connectivity index (χ0v) is 21.6. The Morgan fingerprint density at radius 1 is 0.758 bits per heavy atom. The van der Waals surface area contributed by atoms with E-state index in [0.29, 0.717) is 19.3 Å². The molecule has 0 fully saturated rings. The van der Waals surface area contributed by atoms with Crippen LogP contribution in [0.25, 0.3) is 0 Å². The van der Waals surface area contributed by atoms with E-state index < -0.39 is 32.6 Å². The molecule has 0 unspecified atom stereocenters. The van der Waals surface area contributed by atoms with Gasteiger partial charge in [0, 0.05) is 13.0 Å². The normalized spacial score (nSPS) is 13.8. The Morgan fingerprint density at radius 2 is 1.24 bits per heavy atom. The molecule has 8 nitrogen and oxygen atoms in total. The molecule has 0 amide bonds. The molecule has 198 valence electrons. The van der Waals surface area contributed by atoms with Crippen LogP contribution < -0.4 is 0 Å². The molecule has 33 heavy (non-hydrogen) atoms. The third-order valence-electron chi connectivity index (χ3n) is 5.83. The minimum Gasteiger partial charge on any atom is -0.481 e. The summed E-state index contributed by atoms with van der Waals surface area (Å²) < 4.78 is 21.8. The Balaban J connectivity index is 3.96. The van der Waals surface area contributed by atoms with Crippen LogP contribution in [0.4, 0.5) is 0 Å². The molecule has 0 rings (SSSR count). The van der Waals surface area contributed by atoms with Gasteiger partial charge in [-0.2, -0.15) is 0 Å². The van der Waals surface area contributed by atoms with E-state index in [4.69, 9.17) is 14.4 Å². The Kier molecular flexibility index (Phi) is 21.7. The lowest BCUT2D eigenvalue weighted by molar-refractivity contribution is -0.137. The van der Waals surface area contributed by atoms with E-state index >= 15 is 0 Å². The van der Waals surface area contributed by atoms with Crippen LogP contribution in [0.3, 0.4) is 0 Å². The number of phosphoric acid groups is 1. The van der Waals surface area contributed by atoms with Crippen molar-refractivity contribution in [1.29, 1.82) is 0 Å².